The summed E-state index contributed by atoms with van der Waals surface area (Å²) in [5.74, 6) is -0.658. The van der Waals surface area contributed by atoms with Gasteiger partial charge in [-0.2, -0.15) is 5.10 Å². The van der Waals surface area contributed by atoms with Gasteiger partial charge < -0.3 is 10.6 Å². The number of carbonyl (C=O) groups excluding carboxylic acids is 2. The van der Waals surface area contributed by atoms with E-state index in [1.807, 2.05) is 29.5 Å². The van der Waals surface area contributed by atoms with E-state index in [2.05, 4.69) is 10.1 Å². The number of piperidine rings is 1. The lowest BCUT2D eigenvalue weighted by atomic mass is 10.0. The topological polar surface area (TPSA) is 94.1 Å². The van der Waals surface area contributed by atoms with Gasteiger partial charge in [-0.1, -0.05) is 0 Å². The van der Waals surface area contributed by atoms with E-state index in [0.717, 1.165) is 30.7 Å². The molecule has 7 heteroatoms. The van der Waals surface area contributed by atoms with Crippen molar-refractivity contribution >= 4 is 11.8 Å². The smallest absolute Gasteiger partial charge is 0.272 e. The lowest BCUT2D eigenvalue weighted by molar-refractivity contribution is 0.0576. The molecule has 2 N–H and O–H groups in total. The van der Waals surface area contributed by atoms with Crippen molar-refractivity contribution in [3.05, 3.63) is 47.0 Å². The molecule has 25 heavy (non-hydrogen) atoms. The Morgan fingerprint density at radius 2 is 2.08 bits per heavy atom. The van der Waals surface area contributed by atoms with Crippen molar-refractivity contribution < 1.29 is 9.59 Å². The van der Waals surface area contributed by atoms with E-state index in [4.69, 9.17) is 5.73 Å². The van der Waals surface area contributed by atoms with Gasteiger partial charge in [0, 0.05) is 18.4 Å². The van der Waals surface area contributed by atoms with Gasteiger partial charge in [0.05, 0.1) is 23.8 Å². The van der Waals surface area contributed by atoms with Crippen molar-refractivity contribution in [2.75, 3.05) is 6.54 Å². The minimum absolute atomic E-state index is 0.0943. The second kappa shape index (κ2) is 7.04. The highest BCUT2D eigenvalue weighted by Gasteiger charge is 2.29. The summed E-state index contributed by atoms with van der Waals surface area (Å²) in [4.78, 5) is 30.0. The molecular formula is C18H23N5O2. The fraction of sp³-hybridized carbons (Fsp3) is 0.444. The lowest BCUT2D eigenvalue weighted by Crippen LogP contribution is -2.46. The molecule has 0 aromatic carbocycles. The van der Waals surface area contributed by atoms with Crippen LogP contribution in [0.25, 0.3) is 0 Å². The second-order valence-electron chi connectivity index (χ2n) is 6.55. The molecule has 3 heterocycles. The van der Waals surface area contributed by atoms with Gasteiger partial charge in [-0.25, -0.2) is 0 Å². The number of rotatable bonds is 4. The van der Waals surface area contributed by atoms with Crippen LogP contribution in [-0.4, -0.2) is 44.1 Å². The fourth-order valence-electron chi connectivity index (χ4n) is 3.33. The first kappa shape index (κ1) is 17.1. The highest BCUT2D eigenvalue weighted by Crippen LogP contribution is 2.21. The van der Waals surface area contributed by atoms with Crippen molar-refractivity contribution in [3.8, 4) is 0 Å². The van der Waals surface area contributed by atoms with E-state index in [1.54, 1.807) is 12.1 Å². The number of aryl methyl sites for hydroxylation is 2. The Morgan fingerprint density at radius 1 is 1.28 bits per heavy atom. The Balaban J connectivity index is 1.78. The van der Waals surface area contributed by atoms with Crippen LogP contribution >= 0.6 is 0 Å². The molecule has 1 aliphatic heterocycles. The number of primary amides is 1. The number of pyridine rings is 1. The Hall–Kier alpha value is -2.70. The minimum atomic E-state index is -0.549. The number of carbonyl (C=O) groups is 2. The zero-order chi connectivity index (χ0) is 18.0. The molecule has 1 atom stereocenters. The highest BCUT2D eigenvalue weighted by atomic mass is 16.2. The largest absolute Gasteiger partial charge is 0.366 e. The van der Waals surface area contributed by atoms with Gasteiger partial charge in [-0.15, -0.1) is 0 Å². The van der Waals surface area contributed by atoms with Crippen LogP contribution in [-0.2, 0) is 6.54 Å². The molecule has 0 radical (unpaired) electrons. The maximum absolute atomic E-state index is 12.9. The SMILES string of the molecule is Cc1cc(C)n(C[C@@H]2CCCCN2C(=O)c2ccc(C(N)=O)cn2)n1. The van der Waals surface area contributed by atoms with Crippen LogP contribution in [0.2, 0.25) is 0 Å². The van der Waals surface area contributed by atoms with E-state index < -0.39 is 5.91 Å². The fourth-order valence-corrected chi connectivity index (χ4v) is 3.33. The molecule has 0 aliphatic carbocycles. The van der Waals surface area contributed by atoms with Crippen molar-refractivity contribution in [3.63, 3.8) is 0 Å². The molecule has 1 aliphatic rings. The predicted octanol–water partition coefficient (Wildman–Crippen LogP) is 1.69. The third-order valence-corrected chi connectivity index (χ3v) is 4.64. The zero-order valence-corrected chi connectivity index (χ0v) is 14.6. The van der Waals surface area contributed by atoms with Gasteiger partial charge in [0.1, 0.15) is 5.69 Å². The summed E-state index contributed by atoms with van der Waals surface area (Å²) in [5, 5.41) is 4.51. The van der Waals surface area contributed by atoms with Crippen LogP contribution in [0, 0.1) is 13.8 Å². The van der Waals surface area contributed by atoms with Crippen LogP contribution in [0.3, 0.4) is 0 Å². The van der Waals surface area contributed by atoms with Gasteiger partial charge in [0.15, 0.2) is 0 Å². The van der Waals surface area contributed by atoms with Crippen molar-refractivity contribution in [2.45, 2.75) is 45.7 Å². The summed E-state index contributed by atoms with van der Waals surface area (Å²) < 4.78 is 1.97. The molecule has 1 fully saturated rings. The summed E-state index contributed by atoms with van der Waals surface area (Å²) >= 11 is 0. The number of nitrogens with zero attached hydrogens (tertiary/aromatic N) is 4. The first-order chi connectivity index (χ1) is 12.0. The van der Waals surface area contributed by atoms with Gasteiger partial charge >= 0.3 is 0 Å². The Labute approximate surface area is 146 Å². The number of amides is 2. The second-order valence-corrected chi connectivity index (χ2v) is 6.55. The van der Waals surface area contributed by atoms with E-state index in [1.165, 1.54) is 6.20 Å². The average molecular weight is 341 g/mol. The van der Waals surface area contributed by atoms with Gasteiger partial charge in [0.25, 0.3) is 5.91 Å². The summed E-state index contributed by atoms with van der Waals surface area (Å²) in [6.07, 6.45) is 4.39. The van der Waals surface area contributed by atoms with E-state index >= 15 is 0 Å². The van der Waals surface area contributed by atoms with Crippen LogP contribution < -0.4 is 5.73 Å². The van der Waals surface area contributed by atoms with Crippen molar-refractivity contribution in [1.82, 2.24) is 19.7 Å². The van der Waals surface area contributed by atoms with Gasteiger partial charge in [-0.3, -0.25) is 19.3 Å². The molecule has 0 bridgehead atoms. The molecule has 0 unspecified atom stereocenters. The van der Waals surface area contributed by atoms with Crippen LogP contribution in [0.1, 0.15) is 51.5 Å². The van der Waals surface area contributed by atoms with E-state index in [9.17, 15) is 9.59 Å². The quantitative estimate of drug-likeness (QED) is 0.915. The summed E-state index contributed by atoms with van der Waals surface area (Å²) in [7, 11) is 0. The average Bonchev–Trinajstić information content (AvgIpc) is 2.92. The van der Waals surface area contributed by atoms with Gasteiger partial charge in [-0.05, 0) is 51.3 Å². The van der Waals surface area contributed by atoms with Crippen LogP contribution in [0.15, 0.2) is 24.4 Å². The molecule has 2 aromatic rings. The molecule has 1 saturated heterocycles. The Morgan fingerprint density at radius 3 is 2.68 bits per heavy atom. The zero-order valence-electron chi connectivity index (χ0n) is 14.6. The Bertz CT molecular complexity index is 781. The summed E-state index contributed by atoms with van der Waals surface area (Å²) in [5.41, 5.74) is 7.94. The first-order valence-electron chi connectivity index (χ1n) is 8.53. The maximum Gasteiger partial charge on any atom is 0.272 e. The van der Waals surface area contributed by atoms with E-state index in [-0.39, 0.29) is 11.9 Å². The predicted molar refractivity (Wildman–Crippen MR) is 93.1 cm³/mol. The summed E-state index contributed by atoms with van der Waals surface area (Å²) in [6.45, 7) is 5.39. The number of nitrogens with two attached hydrogens (primary N) is 1. The standard InChI is InChI=1S/C18H23N5O2/c1-12-9-13(2)23(21-12)11-15-5-3-4-8-22(15)18(25)16-7-6-14(10-20-16)17(19)24/h6-7,9-10,15H,3-5,8,11H2,1-2H3,(H2,19,24)/t15-/m0/s1. The normalized spacial score (nSPS) is 17.5. The molecule has 7 nitrogen and oxygen atoms in total. The number of likely N-dealkylation sites (tertiary alicyclic amines) is 1. The number of hydrogen-bond donors (Lipinski definition) is 1. The summed E-state index contributed by atoms with van der Waals surface area (Å²) in [6, 6.07) is 5.25. The highest BCUT2D eigenvalue weighted by molar-refractivity contribution is 5.95. The van der Waals surface area contributed by atoms with Crippen LogP contribution in [0.5, 0.6) is 0 Å². The molecule has 2 amide bonds. The molecular weight excluding hydrogens is 318 g/mol. The molecule has 0 saturated carbocycles. The third-order valence-electron chi connectivity index (χ3n) is 4.64. The number of aromatic nitrogens is 3. The third kappa shape index (κ3) is 3.70. The van der Waals surface area contributed by atoms with Gasteiger partial charge in [0.2, 0.25) is 5.91 Å². The number of hydrogen-bond acceptors (Lipinski definition) is 4. The monoisotopic (exact) mass is 341 g/mol. The van der Waals surface area contributed by atoms with Crippen molar-refractivity contribution in [2.24, 2.45) is 5.73 Å². The first-order valence-corrected chi connectivity index (χ1v) is 8.53. The van der Waals surface area contributed by atoms with Crippen molar-refractivity contribution in [1.29, 1.82) is 0 Å². The molecule has 2 aromatic heterocycles. The lowest BCUT2D eigenvalue weighted by Gasteiger charge is -2.35. The van der Waals surface area contributed by atoms with E-state index in [0.29, 0.717) is 24.3 Å². The molecule has 132 valence electrons. The Kier molecular flexibility index (Phi) is 4.83. The molecule has 0 spiro atoms. The van der Waals surface area contributed by atoms with Crippen LogP contribution in [0.4, 0.5) is 0 Å². The minimum Gasteiger partial charge on any atom is -0.366 e. The molecule has 3 rings (SSSR count). The maximum atomic E-state index is 12.9.